The van der Waals surface area contributed by atoms with Crippen LogP contribution in [0.1, 0.15) is 64.2 Å². The minimum atomic E-state index is 0.778. The standard InChI is InChI=1S/C18H33N3/c1-2-7-18(16(5-1)17-6-3-4-11-19-17)20-14-10-12-21(13-14)15-8-9-15/h14-20H,1-13H2. The molecule has 0 aromatic heterocycles. The lowest BCUT2D eigenvalue weighted by atomic mass is 9.77. The van der Waals surface area contributed by atoms with Crippen molar-refractivity contribution in [3.8, 4) is 0 Å². The number of nitrogens with zero attached hydrogens (tertiary/aromatic N) is 1. The van der Waals surface area contributed by atoms with E-state index in [0.717, 1.165) is 30.1 Å². The van der Waals surface area contributed by atoms with Gasteiger partial charge in [-0.05, 0) is 57.4 Å². The van der Waals surface area contributed by atoms with Crippen LogP contribution in [-0.2, 0) is 0 Å². The predicted molar refractivity (Wildman–Crippen MR) is 87.5 cm³/mol. The topological polar surface area (TPSA) is 27.3 Å². The van der Waals surface area contributed by atoms with Crippen LogP contribution in [0.2, 0.25) is 0 Å². The Bertz CT molecular complexity index is 335. The monoisotopic (exact) mass is 291 g/mol. The number of nitrogens with one attached hydrogen (secondary N) is 2. The highest BCUT2D eigenvalue weighted by Crippen LogP contribution is 2.33. The van der Waals surface area contributed by atoms with Crippen LogP contribution in [0.5, 0.6) is 0 Å². The van der Waals surface area contributed by atoms with Crippen molar-refractivity contribution in [1.82, 2.24) is 15.5 Å². The first-order valence-corrected chi connectivity index (χ1v) is 9.63. The highest BCUT2D eigenvalue weighted by atomic mass is 15.2. The molecule has 120 valence electrons. The van der Waals surface area contributed by atoms with E-state index in [0.29, 0.717) is 0 Å². The van der Waals surface area contributed by atoms with Crippen LogP contribution in [-0.4, -0.2) is 48.7 Å². The van der Waals surface area contributed by atoms with Crippen LogP contribution in [0.25, 0.3) is 0 Å². The van der Waals surface area contributed by atoms with Gasteiger partial charge in [-0.1, -0.05) is 19.3 Å². The molecule has 2 aliphatic heterocycles. The molecule has 4 unspecified atom stereocenters. The van der Waals surface area contributed by atoms with E-state index >= 15 is 0 Å². The molecule has 4 rings (SSSR count). The van der Waals surface area contributed by atoms with E-state index in [-0.39, 0.29) is 0 Å². The molecule has 2 N–H and O–H groups in total. The van der Waals surface area contributed by atoms with Crippen molar-refractivity contribution in [2.45, 2.75) is 88.4 Å². The minimum absolute atomic E-state index is 0.778. The summed E-state index contributed by atoms with van der Waals surface area (Å²) in [4.78, 5) is 2.74. The molecule has 2 heterocycles. The predicted octanol–water partition coefficient (Wildman–Crippen LogP) is 2.51. The third kappa shape index (κ3) is 3.46. The van der Waals surface area contributed by atoms with E-state index in [9.17, 15) is 0 Å². The van der Waals surface area contributed by atoms with Gasteiger partial charge in [0.05, 0.1) is 0 Å². The lowest BCUT2D eigenvalue weighted by molar-refractivity contribution is 0.171. The molecule has 3 nitrogen and oxygen atoms in total. The largest absolute Gasteiger partial charge is 0.314 e. The summed E-state index contributed by atoms with van der Waals surface area (Å²) >= 11 is 0. The van der Waals surface area contributed by atoms with Crippen molar-refractivity contribution in [3.63, 3.8) is 0 Å². The average molecular weight is 291 g/mol. The second-order valence-electron chi connectivity index (χ2n) is 7.99. The third-order valence-electron chi connectivity index (χ3n) is 6.42. The van der Waals surface area contributed by atoms with Gasteiger partial charge in [0, 0.05) is 37.3 Å². The van der Waals surface area contributed by atoms with Gasteiger partial charge in [0.25, 0.3) is 0 Å². The van der Waals surface area contributed by atoms with E-state index in [4.69, 9.17) is 0 Å². The van der Waals surface area contributed by atoms with Crippen LogP contribution in [0.3, 0.4) is 0 Å². The zero-order valence-electron chi connectivity index (χ0n) is 13.5. The molecule has 4 fully saturated rings. The Labute approximate surface area is 130 Å². The summed E-state index contributed by atoms with van der Waals surface area (Å²) < 4.78 is 0. The van der Waals surface area contributed by atoms with Gasteiger partial charge in [0.2, 0.25) is 0 Å². The van der Waals surface area contributed by atoms with Gasteiger partial charge in [-0.3, -0.25) is 4.90 Å². The summed E-state index contributed by atoms with van der Waals surface area (Å²) in [5.74, 6) is 0.897. The molecule has 2 aliphatic carbocycles. The smallest absolute Gasteiger partial charge is 0.0210 e. The van der Waals surface area contributed by atoms with Gasteiger partial charge in [0.15, 0.2) is 0 Å². The second kappa shape index (κ2) is 6.55. The highest BCUT2D eigenvalue weighted by molar-refractivity contribution is 4.96. The Morgan fingerprint density at radius 2 is 1.71 bits per heavy atom. The van der Waals surface area contributed by atoms with Gasteiger partial charge in [-0.2, -0.15) is 0 Å². The molecule has 21 heavy (non-hydrogen) atoms. The lowest BCUT2D eigenvalue weighted by Gasteiger charge is -2.41. The van der Waals surface area contributed by atoms with Gasteiger partial charge >= 0.3 is 0 Å². The van der Waals surface area contributed by atoms with Gasteiger partial charge in [0.1, 0.15) is 0 Å². The van der Waals surface area contributed by atoms with Crippen molar-refractivity contribution in [1.29, 1.82) is 0 Å². The van der Waals surface area contributed by atoms with Crippen molar-refractivity contribution < 1.29 is 0 Å². The molecule has 0 radical (unpaired) electrons. The molecule has 3 heteroatoms. The summed E-state index contributed by atoms with van der Waals surface area (Å²) in [5, 5.41) is 7.93. The second-order valence-corrected chi connectivity index (χ2v) is 7.99. The SMILES string of the molecule is C1CCC(C2CCCCC2NC2CCN(C3CC3)C2)NC1. The van der Waals surface area contributed by atoms with Gasteiger partial charge < -0.3 is 10.6 Å². The molecule has 0 spiro atoms. The Morgan fingerprint density at radius 3 is 2.52 bits per heavy atom. The summed E-state index contributed by atoms with van der Waals surface area (Å²) in [6.07, 6.45) is 14.3. The summed E-state index contributed by atoms with van der Waals surface area (Å²) in [7, 11) is 0. The number of likely N-dealkylation sites (tertiary alicyclic amines) is 1. The molecule has 0 aromatic rings. The van der Waals surface area contributed by atoms with Crippen LogP contribution in [0.4, 0.5) is 0 Å². The Morgan fingerprint density at radius 1 is 0.857 bits per heavy atom. The fourth-order valence-corrected chi connectivity index (χ4v) is 5.09. The molecule has 0 amide bonds. The van der Waals surface area contributed by atoms with Crippen molar-refractivity contribution in [2.75, 3.05) is 19.6 Å². The molecule has 2 saturated carbocycles. The molecular weight excluding hydrogens is 258 g/mol. The lowest BCUT2D eigenvalue weighted by Crippen LogP contribution is -2.53. The van der Waals surface area contributed by atoms with Crippen molar-refractivity contribution in [2.24, 2.45) is 5.92 Å². The van der Waals surface area contributed by atoms with E-state index in [1.807, 2.05) is 0 Å². The van der Waals surface area contributed by atoms with E-state index in [1.54, 1.807) is 0 Å². The first kappa shape index (κ1) is 14.5. The zero-order valence-corrected chi connectivity index (χ0v) is 13.5. The van der Waals surface area contributed by atoms with Crippen molar-refractivity contribution >= 4 is 0 Å². The third-order valence-corrected chi connectivity index (χ3v) is 6.42. The first-order chi connectivity index (χ1) is 10.4. The van der Waals surface area contributed by atoms with Gasteiger partial charge in [-0.15, -0.1) is 0 Å². The van der Waals surface area contributed by atoms with Gasteiger partial charge in [-0.25, -0.2) is 0 Å². The Hall–Kier alpha value is -0.120. The van der Waals surface area contributed by atoms with E-state index < -0.39 is 0 Å². The highest BCUT2D eigenvalue weighted by Gasteiger charge is 2.37. The summed E-state index contributed by atoms with van der Waals surface area (Å²) in [6.45, 7) is 3.93. The zero-order chi connectivity index (χ0) is 14.1. The number of hydrogen-bond acceptors (Lipinski definition) is 3. The van der Waals surface area contributed by atoms with Crippen LogP contribution in [0, 0.1) is 5.92 Å². The molecule has 4 aliphatic rings. The quantitative estimate of drug-likeness (QED) is 0.833. The fraction of sp³-hybridized carbons (Fsp3) is 1.00. The number of piperidine rings is 1. The Kier molecular flexibility index (Phi) is 4.52. The summed E-state index contributed by atoms with van der Waals surface area (Å²) in [5.41, 5.74) is 0. The maximum atomic E-state index is 4.10. The average Bonchev–Trinajstić information content (AvgIpc) is 3.29. The molecular formula is C18H33N3. The van der Waals surface area contributed by atoms with Crippen molar-refractivity contribution in [3.05, 3.63) is 0 Å². The number of rotatable bonds is 4. The molecule has 2 saturated heterocycles. The van der Waals surface area contributed by atoms with E-state index in [2.05, 4.69) is 15.5 Å². The fourth-order valence-electron chi connectivity index (χ4n) is 5.09. The first-order valence-electron chi connectivity index (χ1n) is 9.63. The maximum absolute atomic E-state index is 4.10. The number of hydrogen-bond donors (Lipinski definition) is 2. The Balaban J connectivity index is 1.33. The van der Waals surface area contributed by atoms with Crippen LogP contribution in [0.15, 0.2) is 0 Å². The molecule has 0 bridgehead atoms. The normalized spacial score (nSPS) is 42.3. The van der Waals surface area contributed by atoms with E-state index in [1.165, 1.54) is 83.8 Å². The molecule has 4 atom stereocenters. The molecule has 0 aromatic carbocycles. The summed E-state index contributed by atoms with van der Waals surface area (Å²) in [6, 6.07) is 3.33. The minimum Gasteiger partial charge on any atom is -0.314 e. The van der Waals surface area contributed by atoms with Crippen LogP contribution >= 0.6 is 0 Å². The maximum Gasteiger partial charge on any atom is 0.0210 e. The van der Waals surface area contributed by atoms with Crippen LogP contribution < -0.4 is 10.6 Å².